The molecule has 1 unspecified atom stereocenters. The molecule has 2 aliphatic rings. The maximum Gasteiger partial charge on any atom is 0.237 e. The maximum absolute atomic E-state index is 12.0. The Labute approximate surface area is 185 Å². The number of nitrogens with one attached hydrogen (secondary N) is 2. The molecule has 0 radical (unpaired) electrons. The molecule has 2 saturated heterocycles. The molecule has 2 aliphatic heterocycles. The molecule has 0 saturated carbocycles. The molecule has 172 valence electrons. The van der Waals surface area contributed by atoms with Crippen LogP contribution in [0.5, 0.6) is 0 Å². The molecule has 0 bridgehead atoms. The number of nitrogens with two attached hydrogens (primary N) is 2. The van der Waals surface area contributed by atoms with Crippen LogP contribution in [0.3, 0.4) is 0 Å². The van der Waals surface area contributed by atoms with Crippen molar-refractivity contribution in [3.05, 3.63) is 0 Å². The van der Waals surface area contributed by atoms with Gasteiger partial charge >= 0.3 is 0 Å². The summed E-state index contributed by atoms with van der Waals surface area (Å²) in [5.74, 6) is 0.472. The molecule has 3 atom stereocenters. The summed E-state index contributed by atoms with van der Waals surface area (Å²) in [5, 5.41) is 15.3. The van der Waals surface area contributed by atoms with Crippen LogP contribution in [0.15, 0.2) is 0 Å². The van der Waals surface area contributed by atoms with E-state index in [2.05, 4.69) is 10.6 Å². The number of carbonyl (C=O) groups excluding carboxylic acids is 3. The van der Waals surface area contributed by atoms with Crippen molar-refractivity contribution in [3.8, 4) is 0 Å². The van der Waals surface area contributed by atoms with Crippen molar-refractivity contribution in [2.75, 3.05) is 50.8 Å². The molecule has 0 spiro atoms. The number of hydrogen-bond acceptors (Lipinski definition) is 9. The average molecular weight is 463 g/mol. The highest BCUT2D eigenvalue weighted by atomic mass is 33.1. The van der Waals surface area contributed by atoms with E-state index in [4.69, 9.17) is 11.5 Å². The van der Waals surface area contributed by atoms with E-state index in [0.29, 0.717) is 44.1 Å². The summed E-state index contributed by atoms with van der Waals surface area (Å²) >= 11 is 0. The van der Waals surface area contributed by atoms with Gasteiger partial charge in [0.15, 0.2) is 0 Å². The summed E-state index contributed by atoms with van der Waals surface area (Å²) in [6.07, 6.45) is 2.80. The van der Waals surface area contributed by atoms with Gasteiger partial charge in [-0.15, -0.1) is 0 Å². The third-order valence-electron chi connectivity index (χ3n) is 5.13. The molecule has 7 N–H and O–H groups in total. The third kappa shape index (κ3) is 8.60. The highest BCUT2D eigenvalue weighted by Gasteiger charge is 2.22. The second kappa shape index (κ2) is 13.4. The van der Waals surface area contributed by atoms with E-state index in [-0.39, 0.29) is 17.7 Å². The molecule has 2 rings (SSSR count). The molecule has 2 heterocycles. The lowest BCUT2D eigenvalue weighted by molar-refractivity contribution is -0.128. The Balaban J connectivity index is 1.48. The molecule has 12 heteroatoms. The maximum atomic E-state index is 12.0. The Morgan fingerprint density at radius 2 is 1.63 bits per heavy atom. The first kappa shape index (κ1) is 25.2. The lowest BCUT2D eigenvalue weighted by Gasteiger charge is -2.20. The summed E-state index contributed by atoms with van der Waals surface area (Å²) in [6.45, 7) is 3.57. The molecule has 30 heavy (non-hydrogen) atoms. The standard InChI is InChI=1S/C18H34N6O4S2/c19-13(17(27)21-5-9-23-7-1-3-15(23)25)11-29-30-12-14(20)18(28)22-6-10-24-8-2-4-16(24)26/h13-15,25H,1-12,19-20H2,(H,21,27)(H,22,28)/t13-,14-,15?/m0/s1. The number of amides is 3. The average Bonchev–Trinajstić information content (AvgIpc) is 3.32. The van der Waals surface area contributed by atoms with Crippen LogP contribution in [0.4, 0.5) is 0 Å². The summed E-state index contributed by atoms with van der Waals surface area (Å²) in [4.78, 5) is 39.2. The second-order valence-electron chi connectivity index (χ2n) is 7.51. The molecular weight excluding hydrogens is 428 g/mol. The van der Waals surface area contributed by atoms with Crippen LogP contribution in [0.25, 0.3) is 0 Å². The fourth-order valence-electron chi connectivity index (χ4n) is 3.30. The number of likely N-dealkylation sites (tertiary alicyclic amines) is 2. The molecule has 10 nitrogen and oxygen atoms in total. The van der Waals surface area contributed by atoms with Crippen LogP contribution >= 0.6 is 21.6 Å². The Morgan fingerprint density at radius 3 is 2.13 bits per heavy atom. The number of hydrogen-bond donors (Lipinski definition) is 5. The van der Waals surface area contributed by atoms with Crippen LogP contribution < -0.4 is 22.1 Å². The lowest BCUT2D eigenvalue weighted by atomic mass is 10.3. The number of aliphatic hydroxyl groups excluding tert-OH is 1. The van der Waals surface area contributed by atoms with Crippen LogP contribution in [0, 0.1) is 0 Å². The van der Waals surface area contributed by atoms with Gasteiger partial charge in [0.1, 0.15) is 6.23 Å². The van der Waals surface area contributed by atoms with Crippen molar-refractivity contribution in [2.24, 2.45) is 11.5 Å². The predicted octanol–water partition coefficient (Wildman–Crippen LogP) is -1.71. The van der Waals surface area contributed by atoms with Gasteiger partial charge < -0.3 is 32.1 Å². The Morgan fingerprint density at radius 1 is 1.03 bits per heavy atom. The Hall–Kier alpha value is -1.05. The minimum atomic E-state index is -0.659. The van der Waals surface area contributed by atoms with Gasteiger partial charge in [0.25, 0.3) is 0 Å². The van der Waals surface area contributed by atoms with Crippen LogP contribution in [0.2, 0.25) is 0 Å². The zero-order chi connectivity index (χ0) is 21.9. The number of carbonyl (C=O) groups is 3. The highest BCUT2D eigenvalue weighted by molar-refractivity contribution is 8.76. The van der Waals surface area contributed by atoms with Crippen LogP contribution in [-0.2, 0) is 14.4 Å². The van der Waals surface area contributed by atoms with Gasteiger partial charge in [-0.1, -0.05) is 21.6 Å². The van der Waals surface area contributed by atoms with E-state index in [0.717, 1.165) is 32.4 Å². The van der Waals surface area contributed by atoms with Gasteiger partial charge in [0.2, 0.25) is 17.7 Å². The van der Waals surface area contributed by atoms with Gasteiger partial charge in [0.05, 0.1) is 12.1 Å². The van der Waals surface area contributed by atoms with E-state index < -0.39 is 18.3 Å². The summed E-state index contributed by atoms with van der Waals surface area (Å²) < 4.78 is 0. The van der Waals surface area contributed by atoms with Crippen molar-refractivity contribution in [1.82, 2.24) is 20.4 Å². The minimum absolute atomic E-state index is 0.134. The van der Waals surface area contributed by atoms with Crippen molar-refractivity contribution >= 4 is 39.3 Å². The van der Waals surface area contributed by atoms with Crippen LogP contribution in [-0.4, -0.2) is 102 Å². The molecule has 0 aliphatic carbocycles. The van der Waals surface area contributed by atoms with E-state index in [1.165, 1.54) is 21.6 Å². The number of nitrogens with zero attached hydrogens (tertiary/aromatic N) is 2. The summed E-state index contributed by atoms with van der Waals surface area (Å²) in [7, 11) is 2.81. The van der Waals surface area contributed by atoms with Crippen molar-refractivity contribution < 1.29 is 19.5 Å². The SMILES string of the molecule is N[C@@H](CSSC[C@H](N)C(=O)NCCN1CCCC1O)C(=O)NCCN1CCCC1=O. The molecule has 0 aromatic rings. The normalized spacial score (nSPS) is 21.6. The number of rotatable bonds is 13. The Kier molecular flexibility index (Phi) is 11.2. The Bertz CT molecular complexity index is 585. The van der Waals surface area contributed by atoms with Crippen molar-refractivity contribution in [3.63, 3.8) is 0 Å². The third-order valence-corrected chi connectivity index (χ3v) is 7.61. The first-order valence-electron chi connectivity index (χ1n) is 10.4. The fraction of sp³-hybridized carbons (Fsp3) is 0.833. The first-order chi connectivity index (χ1) is 14.4. The molecule has 3 amide bonds. The lowest BCUT2D eigenvalue weighted by Crippen LogP contribution is -2.45. The fourth-order valence-corrected chi connectivity index (χ4v) is 5.55. The molecule has 0 aromatic heterocycles. The van der Waals surface area contributed by atoms with E-state index >= 15 is 0 Å². The topological polar surface area (TPSA) is 154 Å². The van der Waals surface area contributed by atoms with Crippen molar-refractivity contribution in [1.29, 1.82) is 0 Å². The van der Waals surface area contributed by atoms with Crippen molar-refractivity contribution in [2.45, 2.75) is 44.0 Å². The van der Waals surface area contributed by atoms with Crippen LogP contribution in [0.1, 0.15) is 25.7 Å². The predicted molar refractivity (Wildman–Crippen MR) is 120 cm³/mol. The minimum Gasteiger partial charge on any atom is -0.378 e. The van der Waals surface area contributed by atoms with E-state index in [1.807, 2.05) is 4.90 Å². The largest absolute Gasteiger partial charge is 0.378 e. The zero-order valence-corrected chi connectivity index (χ0v) is 18.9. The summed E-state index contributed by atoms with van der Waals surface area (Å²) in [5.41, 5.74) is 11.8. The molecule has 2 fully saturated rings. The highest BCUT2D eigenvalue weighted by Crippen LogP contribution is 2.22. The molecular formula is C18H34N6O4S2. The van der Waals surface area contributed by atoms with Gasteiger partial charge in [-0.3, -0.25) is 19.3 Å². The van der Waals surface area contributed by atoms with Gasteiger partial charge in [-0.2, -0.15) is 0 Å². The zero-order valence-electron chi connectivity index (χ0n) is 17.3. The smallest absolute Gasteiger partial charge is 0.237 e. The first-order valence-corrected chi connectivity index (χ1v) is 12.9. The van der Waals surface area contributed by atoms with E-state index in [1.54, 1.807) is 4.90 Å². The molecule has 0 aromatic carbocycles. The quantitative estimate of drug-likeness (QED) is 0.159. The summed E-state index contributed by atoms with van der Waals surface area (Å²) in [6, 6.07) is -1.30. The van der Waals surface area contributed by atoms with Gasteiger partial charge in [-0.05, 0) is 19.3 Å². The van der Waals surface area contributed by atoms with Gasteiger partial charge in [-0.25, -0.2) is 0 Å². The van der Waals surface area contributed by atoms with Gasteiger partial charge in [0, 0.05) is 57.2 Å². The second-order valence-corrected chi connectivity index (χ2v) is 10.1. The number of aliphatic hydroxyl groups is 1. The monoisotopic (exact) mass is 462 g/mol. The van der Waals surface area contributed by atoms with E-state index in [9.17, 15) is 19.5 Å².